The van der Waals surface area contributed by atoms with E-state index in [0.29, 0.717) is 17.0 Å². The van der Waals surface area contributed by atoms with Crippen molar-refractivity contribution in [1.82, 2.24) is 24.9 Å². The number of carbonyl (C=O) groups is 1. The number of alkyl halides is 3. The van der Waals surface area contributed by atoms with Gasteiger partial charge in [-0.05, 0) is 13.8 Å². The molecule has 0 fully saturated rings. The molecular weight excluding hydrogens is 275 g/mol. The fraction of sp³-hybridized carbons (Fsp3) is 0.455. The lowest BCUT2D eigenvalue weighted by Gasteiger charge is -2.09. The van der Waals surface area contributed by atoms with E-state index in [0.717, 1.165) is 4.52 Å². The molecule has 0 saturated carbocycles. The Morgan fingerprint density at radius 2 is 1.95 bits per heavy atom. The molecule has 1 N–H and O–H groups in total. The minimum absolute atomic E-state index is 0.0261. The molecule has 0 saturated heterocycles. The van der Waals surface area contributed by atoms with Crippen molar-refractivity contribution >= 4 is 11.7 Å². The highest BCUT2D eigenvalue weighted by Crippen LogP contribution is 2.27. The number of fused-ring (bicyclic) bond motifs is 1. The summed E-state index contributed by atoms with van der Waals surface area (Å²) in [4.78, 5) is 18.8. The zero-order valence-corrected chi connectivity index (χ0v) is 11.0. The van der Waals surface area contributed by atoms with Crippen molar-refractivity contribution in [3.05, 3.63) is 22.8 Å². The van der Waals surface area contributed by atoms with E-state index in [1.165, 1.54) is 7.05 Å². The van der Waals surface area contributed by atoms with Crippen molar-refractivity contribution in [2.45, 2.75) is 26.4 Å². The van der Waals surface area contributed by atoms with Crippen molar-refractivity contribution in [2.24, 2.45) is 0 Å². The van der Waals surface area contributed by atoms with Gasteiger partial charge in [0.15, 0.2) is 0 Å². The molecule has 0 unspecified atom stereocenters. The average Bonchev–Trinajstić information content (AvgIpc) is 2.78. The molecule has 20 heavy (non-hydrogen) atoms. The van der Waals surface area contributed by atoms with E-state index < -0.39 is 12.0 Å². The molecule has 108 valence electrons. The number of carbonyl (C=O) groups excluding carboxylic acids is 1. The third-order valence-electron chi connectivity index (χ3n) is 2.92. The molecule has 0 spiro atoms. The number of amides is 1. The maximum atomic E-state index is 12.6. The van der Waals surface area contributed by atoms with Crippen molar-refractivity contribution < 1.29 is 18.0 Å². The van der Waals surface area contributed by atoms with Crippen molar-refractivity contribution in [1.29, 1.82) is 0 Å². The van der Waals surface area contributed by atoms with Gasteiger partial charge in [-0.25, -0.2) is 9.50 Å². The number of nitrogens with one attached hydrogen (secondary N) is 1. The van der Waals surface area contributed by atoms with Gasteiger partial charge in [-0.15, -0.1) is 5.10 Å². The van der Waals surface area contributed by atoms with Crippen LogP contribution in [-0.4, -0.2) is 32.5 Å². The summed E-state index contributed by atoms with van der Waals surface area (Å²) in [5.41, 5.74) is 1.41. The van der Waals surface area contributed by atoms with E-state index in [-0.39, 0.29) is 18.1 Å². The van der Waals surface area contributed by atoms with E-state index in [2.05, 4.69) is 20.4 Å². The molecule has 1 amide bonds. The van der Waals surface area contributed by atoms with Crippen LogP contribution < -0.4 is 5.32 Å². The van der Waals surface area contributed by atoms with Crippen LogP contribution in [0.3, 0.4) is 0 Å². The Labute approximate surface area is 112 Å². The summed E-state index contributed by atoms with van der Waals surface area (Å²) in [6, 6.07) is 0. The molecule has 9 heteroatoms. The van der Waals surface area contributed by atoms with Gasteiger partial charge in [0.25, 0.3) is 11.6 Å². The van der Waals surface area contributed by atoms with Gasteiger partial charge < -0.3 is 5.32 Å². The highest BCUT2D eigenvalue weighted by molar-refractivity contribution is 5.78. The number of aryl methyl sites for hydroxylation is 2. The van der Waals surface area contributed by atoms with Crippen molar-refractivity contribution in [2.75, 3.05) is 7.05 Å². The first kappa shape index (κ1) is 14.2. The molecule has 2 rings (SSSR count). The van der Waals surface area contributed by atoms with Crippen LogP contribution in [0.25, 0.3) is 5.78 Å². The van der Waals surface area contributed by atoms with Crippen LogP contribution in [0.15, 0.2) is 0 Å². The highest BCUT2D eigenvalue weighted by atomic mass is 19.4. The number of nitrogens with zero attached hydrogens (tertiary/aromatic N) is 4. The summed E-state index contributed by atoms with van der Waals surface area (Å²) in [6.07, 6.45) is -4.60. The second-order valence-electron chi connectivity index (χ2n) is 4.26. The Morgan fingerprint density at radius 3 is 2.50 bits per heavy atom. The fourth-order valence-electron chi connectivity index (χ4n) is 1.83. The minimum atomic E-state index is -4.63. The van der Waals surface area contributed by atoms with Gasteiger partial charge >= 0.3 is 6.18 Å². The van der Waals surface area contributed by atoms with Crippen LogP contribution in [0.4, 0.5) is 13.2 Å². The molecule has 0 aliphatic rings. The number of likely N-dealkylation sites (N-methyl/N-ethyl adjacent to an activating group) is 1. The smallest absolute Gasteiger partial charge is 0.359 e. The molecule has 0 aliphatic carbocycles. The molecule has 2 heterocycles. The van der Waals surface area contributed by atoms with E-state index in [1.54, 1.807) is 13.8 Å². The van der Waals surface area contributed by atoms with Gasteiger partial charge in [-0.1, -0.05) is 0 Å². The van der Waals surface area contributed by atoms with Gasteiger partial charge in [-0.2, -0.15) is 18.2 Å². The van der Waals surface area contributed by atoms with Gasteiger partial charge in [0.2, 0.25) is 5.91 Å². The summed E-state index contributed by atoms with van der Waals surface area (Å²) >= 11 is 0. The number of hydrogen-bond acceptors (Lipinski definition) is 4. The SMILES string of the molecule is CNC(=O)Cc1c(C)nc2nc(C(F)(F)F)nn2c1C. The monoisotopic (exact) mass is 287 g/mol. The Hall–Kier alpha value is -2.19. The predicted molar refractivity (Wildman–Crippen MR) is 63.0 cm³/mol. The zero-order valence-electron chi connectivity index (χ0n) is 11.0. The Balaban J connectivity index is 2.60. The number of halogens is 3. The number of hydrogen-bond donors (Lipinski definition) is 1. The second-order valence-corrected chi connectivity index (χ2v) is 4.26. The van der Waals surface area contributed by atoms with E-state index in [4.69, 9.17) is 0 Å². The number of rotatable bonds is 2. The average molecular weight is 287 g/mol. The summed E-state index contributed by atoms with van der Waals surface area (Å²) < 4.78 is 38.8. The Bertz CT molecular complexity index is 677. The first-order valence-electron chi connectivity index (χ1n) is 5.74. The van der Waals surface area contributed by atoms with Crippen molar-refractivity contribution in [3.8, 4) is 0 Å². The maximum absolute atomic E-state index is 12.6. The maximum Gasteiger partial charge on any atom is 0.453 e. The van der Waals surface area contributed by atoms with E-state index in [9.17, 15) is 18.0 Å². The van der Waals surface area contributed by atoms with Gasteiger partial charge in [0, 0.05) is 24.0 Å². The predicted octanol–water partition coefficient (Wildman–Crippen LogP) is 1.05. The van der Waals surface area contributed by atoms with Crippen molar-refractivity contribution in [3.63, 3.8) is 0 Å². The lowest BCUT2D eigenvalue weighted by atomic mass is 10.1. The minimum Gasteiger partial charge on any atom is -0.359 e. The van der Waals surface area contributed by atoms with Crippen LogP contribution in [0.1, 0.15) is 22.8 Å². The lowest BCUT2D eigenvalue weighted by Crippen LogP contribution is -2.22. The fourth-order valence-corrected chi connectivity index (χ4v) is 1.83. The molecule has 0 aromatic carbocycles. The molecule has 6 nitrogen and oxygen atoms in total. The number of aromatic nitrogens is 4. The molecule has 0 aliphatic heterocycles. The van der Waals surface area contributed by atoms with Crippen LogP contribution in [-0.2, 0) is 17.4 Å². The summed E-state index contributed by atoms with van der Waals surface area (Å²) in [7, 11) is 1.48. The molecule has 0 bridgehead atoms. The summed E-state index contributed by atoms with van der Waals surface area (Å²) in [5.74, 6) is -1.63. The standard InChI is InChI=1S/C11H12F3N5O/c1-5-7(4-8(20)15-3)6(2)19-10(16-5)17-9(18-19)11(12,13)14/h4H2,1-3H3,(H,15,20). The first-order chi connectivity index (χ1) is 9.24. The zero-order chi connectivity index (χ0) is 15.1. The normalized spacial score (nSPS) is 11.9. The summed E-state index contributed by atoms with van der Waals surface area (Å²) in [5, 5.41) is 5.86. The molecular formula is C11H12F3N5O. The molecule has 2 aromatic heterocycles. The van der Waals surface area contributed by atoms with E-state index >= 15 is 0 Å². The third kappa shape index (κ3) is 2.43. The highest BCUT2D eigenvalue weighted by Gasteiger charge is 2.36. The van der Waals surface area contributed by atoms with Crippen LogP contribution in [0.5, 0.6) is 0 Å². The Morgan fingerprint density at radius 1 is 1.30 bits per heavy atom. The quantitative estimate of drug-likeness (QED) is 0.896. The molecule has 0 radical (unpaired) electrons. The van der Waals surface area contributed by atoms with Gasteiger partial charge in [0.1, 0.15) is 0 Å². The molecule has 0 atom stereocenters. The van der Waals surface area contributed by atoms with E-state index in [1.807, 2.05) is 0 Å². The van der Waals surface area contributed by atoms with Crippen LogP contribution >= 0.6 is 0 Å². The first-order valence-corrected chi connectivity index (χ1v) is 5.74. The topological polar surface area (TPSA) is 72.2 Å². The van der Waals surface area contributed by atoms with Crippen LogP contribution in [0, 0.1) is 13.8 Å². The van der Waals surface area contributed by atoms with Gasteiger partial charge in [0.05, 0.1) is 6.42 Å². The van der Waals surface area contributed by atoms with Gasteiger partial charge in [-0.3, -0.25) is 4.79 Å². The molecule has 2 aromatic rings. The summed E-state index contributed by atoms with van der Waals surface area (Å²) in [6.45, 7) is 3.20. The lowest BCUT2D eigenvalue weighted by molar-refractivity contribution is -0.144. The van der Waals surface area contributed by atoms with Crippen LogP contribution in [0.2, 0.25) is 0 Å². The largest absolute Gasteiger partial charge is 0.453 e. The second kappa shape index (κ2) is 4.73. The third-order valence-corrected chi connectivity index (χ3v) is 2.92. The Kier molecular flexibility index (Phi) is 3.36.